The summed E-state index contributed by atoms with van der Waals surface area (Å²) in [5.41, 5.74) is 2.32. The molecule has 0 spiro atoms. The normalized spacial score (nSPS) is 16.1. The van der Waals surface area contributed by atoms with Crippen molar-refractivity contribution < 1.29 is 8.42 Å². The van der Waals surface area contributed by atoms with Crippen LogP contribution in [-0.2, 0) is 16.6 Å². The van der Waals surface area contributed by atoms with Gasteiger partial charge in [-0.05, 0) is 36.9 Å². The van der Waals surface area contributed by atoms with Crippen molar-refractivity contribution in [3.63, 3.8) is 0 Å². The van der Waals surface area contributed by atoms with Gasteiger partial charge in [-0.2, -0.15) is 4.31 Å². The Morgan fingerprint density at radius 2 is 1.75 bits per heavy atom. The van der Waals surface area contributed by atoms with Crippen molar-refractivity contribution in [1.29, 1.82) is 0 Å². The van der Waals surface area contributed by atoms with Crippen molar-refractivity contribution in [2.24, 2.45) is 0 Å². The molecule has 0 unspecified atom stereocenters. The second kappa shape index (κ2) is 8.46. The number of nitrogens with zero attached hydrogens (tertiary/aromatic N) is 5. The molecule has 1 saturated heterocycles. The van der Waals surface area contributed by atoms with E-state index >= 15 is 0 Å². The average Bonchev–Trinajstić information content (AvgIpc) is 2.68. The van der Waals surface area contributed by atoms with Gasteiger partial charge in [0, 0.05) is 65.8 Å². The van der Waals surface area contributed by atoms with Crippen LogP contribution in [0.3, 0.4) is 0 Å². The van der Waals surface area contributed by atoms with E-state index in [1.807, 2.05) is 39.2 Å². The lowest BCUT2D eigenvalue weighted by atomic mass is 10.2. The summed E-state index contributed by atoms with van der Waals surface area (Å²) in [6.45, 7) is 3.23. The van der Waals surface area contributed by atoms with E-state index in [0.29, 0.717) is 19.6 Å². The Morgan fingerprint density at radius 1 is 1.04 bits per heavy atom. The molecule has 28 heavy (non-hydrogen) atoms. The molecule has 0 radical (unpaired) electrons. The van der Waals surface area contributed by atoms with Crippen LogP contribution < -0.4 is 9.80 Å². The SMILES string of the molecule is CN1CCN(S(=O)(=O)c2ccc(N(C)Cc3cccc(N(C)C)c3)nc2)CC1. The van der Waals surface area contributed by atoms with Gasteiger partial charge in [0.15, 0.2) is 0 Å². The molecule has 3 rings (SSSR count). The lowest BCUT2D eigenvalue weighted by Crippen LogP contribution is -2.47. The second-order valence-electron chi connectivity index (χ2n) is 7.48. The Kier molecular flexibility index (Phi) is 6.22. The summed E-state index contributed by atoms with van der Waals surface area (Å²) < 4.78 is 27.2. The molecule has 2 aromatic rings. The molecule has 1 aromatic carbocycles. The van der Waals surface area contributed by atoms with Crippen LogP contribution in [0.25, 0.3) is 0 Å². The van der Waals surface area contributed by atoms with E-state index in [0.717, 1.165) is 24.6 Å². The number of likely N-dealkylation sites (N-methyl/N-ethyl adjacent to an activating group) is 1. The van der Waals surface area contributed by atoms with Gasteiger partial charge in [0.1, 0.15) is 10.7 Å². The third-order valence-electron chi connectivity index (χ3n) is 5.06. The number of piperazine rings is 1. The van der Waals surface area contributed by atoms with Gasteiger partial charge in [-0.3, -0.25) is 0 Å². The van der Waals surface area contributed by atoms with Crippen LogP contribution in [0, 0.1) is 0 Å². The smallest absolute Gasteiger partial charge is 0.244 e. The van der Waals surface area contributed by atoms with Crippen molar-refractivity contribution in [3.8, 4) is 0 Å². The molecule has 0 amide bonds. The lowest BCUT2D eigenvalue weighted by molar-refractivity contribution is 0.222. The van der Waals surface area contributed by atoms with Crippen LogP contribution in [0.2, 0.25) is 0 Å². The molecule has 2 heterocycles. The van der Waals surface area contributed by atoms with Crippen molar-refractivity contribution in [1.82, 2.24) is 14.2 Å². The first-order valence-corrected chi connectivity index (χ1v) is 10.8. The number of pyridine rings is 1. The topological polar surface area (TPSA) is 60.0 Å². The van der Waals surface area contributed by atoms with Crippen molar-refractivity contribution in [2.45, 2.75) is 11.4 Å². The number of benzene rings is 1. The molecule has 0 N–H and O–H groups in total. The number of hydrogen-bond donors (Lipinski definition) is 0. The highest BCUT2D eigenvalue weighted by Crippen LogP contribution is 2.21. The van der Waals surface area contributed by atoms with E-state index in [9.17, 15) is 8.42 Å². The molecule has 0 bridgehead atoms. The number of anilines is 2. The zero-order chi connectivity index (χ0) is 20.3. The molecule has 1 aliphatic rings. The molecular formula is C20H29N5O2S. The van der Waals surface area contributed by atoms with Gasteiger partial charge in [-0.1, -0.05) is 12.1 Å². The quantitative estimate of drug-likeness (QED) is 0.732. The van der Waals surface area contributed by atoms with E-state index in [-0.39, 0.29) is 4.90 Å². The van der Waals surface area contributed by atoms with Crippen LogP contribution in [0.1, 0.15) is 5.56 Å². The molecule has 152 valence electrons. The fourth-order valence-electron chi connectivity index (χ4n) is 3.22. The summed E-state index contributed by atoms with van der Waals surface area (Å²) in [6.07, 6.45) is 1.47. The van der Waals surface area contributed by atoms with Crippen molar-refractivity contribution >= 4 is 21.5 Å². The zero-order valence-electron chi connectivity index (χ0n) is 17.0. The summed E-state index contributed by atoms with van der Waals surface area (Å²) in [4.78, 5) is 10.9. The lowest BCUT2D eigenvalue weighted by Gasteiger charge is -2.31. The fourth-order valence-corrected chi connectivity index (χ4v) is 4.58. The maximum atomic E-state index is 12.8. The van der Waals surface area contributed by atoms with Crippen LogP contribution >= 0.6 is 0 Å². The molecule has 1 aliphatic heterocycles. The molecule has 1 fully saturated rings. The van der Waals surface area contributed by atoms with E-state index in [1.165, 1.54) is 11.8 Å². The molecule has 0 aliphatic carbocycles. The van der Waals surface area contributed by atoms with E-state index in [1.54, 1.807) is 16.4 Å². The van der Waals surface area contributed by atoms with Crippen LogP contribution in [-0.4, -0.2) is 77.0 Å². The minimum atomic E-state index is -3.48. The molecule has 8 heteroatoms. The maximum Gasteiger partial charge on any atom is 0.244 e. The minimum Gasteiger partial charge on any atom is -0.378 e. The monoisotopic (exact) mass is 403 g/mol. The van der Waals surface area contributed by atoms with E-state index in [4.69, 9.17) is 0 Å². The highest BCUT2D eigenvalue weighted by atomic mass is 32.2. The van der Waals surface area contributed by atoms with Crippen LogP contribution in [0.15, 0.2) is 47.5 Å². The third-order valence-corrected chi connectivity index (χ3v) is 6.94. The van der Waals surface area contributed by atoms with E-state index in [2.05, 4.69) is 33.0 Å². The Balaban J connectivity index is 1.70. The standard InChI is InChI=1S/C20H29N5O2S/c1-22(2)18-7-5-6-17(14-18)16-24(4)20-9-8-19(15-21-20)28(26,27)25-12-10-23(3)11-13-25/h5-9,14-15H,10-13,16H2,1-4H3. The molecule has 7 nitrogen and oxygen atoms in total. The van der Waals surface area contributed by atoms with E-state index < -0.39 is 10.0 Å². The number of hydrogen-bond acceptors (Lipinski definition) is 6. The number of sulfonamides is 1. The van der Waals surface area contributed by atoms with Gasteiger partial charge >= 0.3 is 0 Å². The molecule has 1 aromatic heterocycles. The minimum absolute atomic E-state index is 0.254. The molecule has 0 atom stereocenters. The van der Waals surface area contributed by atoms with Crippen molar-refractivity contribution in [2.75, 3.05) is 64.2 Å². The summed E-state index contributed by atoms with van der Waals surface area (Å²) in [5.74, 6) is 0.743. The first-order chi connectivity index (χ1) is 13.3. The van der Waals surface area contributed by atoms with Gasteiger partial charge in [0.05, 0.1) is 0 Å². The average molecular weight is 404 g/mol. The van der Waals surface area contributed by atoms with Gasteiger partial charge in [-0.15, -0.1) is 0 Å². The Hall–Kier alpha value is -2.16. The zero-order valence-corrected chi connectivity index (χ0v) is 17.9. The predicted molar refractivity (Wildman–Crippen MR) is 113 cm³/mol. The Labute approximate surface area is 168 Å². The second-order valence-corrected chi connectivity index (χ2v) is 9.42. The Morgan fingerprint density at radius 3 is 2.36 bits per heavy atom. The fraction of sp³-hybridized carbons (Fsp3) is 0.450. The summed E-state index contributed by atoms with van der Waals surface area (Å²) in [7, 11) is 4.52. The Bertz CT molecular complexity index is 891. The first kappa shape index (κ1) is 20.6. The summed E-state index contributed by atoms with van der Waals surface area (Å²) in [6, 6.07) is 11.8. The highest BCUT2D eigenvalue weighted by Gasteiger charge is 2.27. The summed E-state index contributed by atoms with van der Waals surface area (Å²) in [5, 5.41) is 0. The van der Waals surface area contributed by atoms with Crippen LogP contribution in [0.5, 0.6) is 0 Å². The maximum absolute atomic E-state index is 12.8. The molecule has 0 saturated carbocycles. The predicted octanol–water partition coefficient (Wildman–Crippen LogP) is 1.72. The largest absolute Gasteiger partial charge is 0.378 e. The number of aromatic nitrogens is 1. The summed E-state index contributed by atoms with van der Waals surface area (Å²) >= 11 is 0. The van der Waals surface area contributed by atoms with Gasteiger partial charge in [-0.25, -0.2) is 13.4 Å². The highest BCUT2D eigenvalue weighted by molar-refractivity contribution is 7.89. The van der Waals surface area contributed by atoms with Crippen molar-refractivity contribution in [3.05, 3.63) is 48.2 Å². The third kappa shape index (κ3) is 4.63. The van der Waals surface area contributed by atoms with Gasteiger partial charge in [0.2, 0.25) is 10.0 Å². The van der Waals surface area contributed by atoms with Gasteiger partial charge < -0.3 is 14.7 Å². The first-order valence-electron chi connectivity index (χ1n) is 9.39. The van der Waals surface area contributed by atoms with Gasteiger partial charge in [0.25, 0.3) is 0 Å². The molecular weight excluding hydrogens is 374 g/mol. The number of rotatable bonds is 6. The van der Waals surface area contributed by atoms with Crippen LogP contribution in [0.4, 0.5) is 11.5 Å².